The van der Waals surface area contributed by atoms with Crippen molar-refractivity contribution in [1.82, 2.24) is 14.7 Å². The van der Waals surface area contributed by atoms with E-state index in [4.69, 9.17) is 0 Å². The number of nitrogens with one attached hydrogen (secondary N) is 1. The maximum atomic E-state index is 4.63. The lowest BCUT2D eigenvalue weighted by molar-refractivity contribution is 0.705. The molecule has 0 spiro atoms. The van der Waals surface area contributed by atoms with Crippen molar-refractivity contribution < 1.29 is 0 Å². The van der Waals surface area contributed by atoms with E-state index in [2.05, 4.69) is 54.7 Å². The molecule has 0 aliphatic carbocycles. The van der Waals surface area contributed by atoms with Gasteiger partial charge in [0.2, 0.25) is 0 Å². The molecule has 0 saturated carbocycles. The lowest BCUT2D eigenvalue weighted by Crippen LogP contribution is -2.17. The third-order valence-electron chi connectivity index (χ3n) is 3.24. The van der Waals surface area contributed by atoms with E-state index >= 15 is 0 Å². The molecule has 0 fully saturated rings. The highest BCUT2D eigenvalue weighted by Gasteiger charge is 2.09. The largest absolute Gasteiger partial charge is 0.313 e. The fraction of sp³-hybridized carbons (Fsp3) is 0.533. The summed E-state index contributed by atoms with van der Waals surface area (Å²) in [6.45, 7) is 10.7. The standard InChI is InChI=1S/C15H23N3S/c1-5-7-16-9-13(6-2)8-14-12(4)17-15-18(14)10-11(3)19-15/h8,10,16H,5-7,9H2,1-4H3. The highest BCUT2D eigenvalue weighted by Crippen LogP contribution is 2.22. The number of imidazole rings is 1. The summed E-state index contributed by atoms with van der Waals surface area (Å²) in [5, 5.41) is 3.48. The quantitative estimate of drug-likeness (QED) is 0.814. The van der Waals surface area contributed by atoms with Gasteiger partial charge < -0.3 is 5.32 Å². The number of aromatic nitrogens is 2. The average molecular weight is 277 g/mol. The van der Waals surface area contributed by atoms with Crippen LogP contribution in [0.3, 0.4) is 0 Å². The van der Waals surface area contributed by atoms with Crippen molar-refractivity contribution in [3.05, 3.63) is 28.0 Å². The normalized spacial score (nSPS) is 12.5. The molecule has 2 aromatic rings. The molecule has 19 heavy (non-hydrogen) atoms. The maximum Gasteiger partial charge on any atom is 0.194 e. The molecule has 0 aliphatic heterocycles. The van der Waals surface area contributed by atoms with E-state index in [0.717, 1.165) is 30.2 Å². The van der Waals surface area contributed by atoms with Crippen LogP contribution in [0.4, 0.5) is 0 Å². The van der Waals surface area contributed by atoms with Crippen molar-refractivity contribution in [3.63, 3.8) is 0 Å². The molecule has 2 aromatic heterocycles. The summed E-state index contributed by atoms with van der Waals surface area (Å²) in [7, 11) is 0. The van der Waals surface area contributed by atoms with Crippen LogP contribution in [0.1, 0.15) is 43.0 Å². The zero-order valence-corrected chi connectivity index (χ0v) is 13.1. The molecule has 0 unspecified atom stereocenters. The summed E-state index contributed by atoms with van der Waals surface area (Å²) in [4.78, 5) is 7.03. The molecule has 0 aliphatic rings. The molecule has 0 atom stereocenters. The van der Waals surface area contributed by atoms with Crippen molar-refractivity contribution in [1.29, 1.82) is 0 Å². The Morgan fingerprint density at radius 2 is 2.21 bits per heavy atom. The Balaban J connectivity index is 2.28. The van der Waals surface area contributed by atoms with Gasteiger partial charge in [-0.1, -0.05) is 19.4 Å². The van der Waals surface area contributed by atoms with Crippen molar-refractivity contribution in [2.75, 3.05) is 13.1 Å². The Hall–Kier alpha value is -1.13. The smallest absolute Gasteiger partial charge is 0.194 e. The minimum absolute atomic E-state index is 0.972. The van der Waals surface area contributed by atoms with Crippen LogP contribution in [0.25, 0.3) is 11.0 Å². The Kier molecular flexibility index (Phi) is 4.77. The molecule has 0 bridgehead atoms. The van der Waals surface area contributed by atoms with Crippen LogP contribution >= 0.6 is 11.3 Å². The number of aryl methyl sites for hydroxylation is 2. The van der Waals surface area contributed by atoms with Crippen LogP contribution in [0.15, 0.2) is 11.8 Å². The lowest BCUT2D eigenvalue weighted by Gasteiger charge is -2.06. The van der Waals surface area contributed by atoms with Crippen LogP contribution in [-0.2, 0) is 0 Å². The van der Waals surface area contributed by atoms with E-state index in [1.165, 1.54) is 22.6 Å². The molecule has 104 valence electrons. The first-order valence-corrected chi connectivity index (χ1v) is 7.82. The number of nitrogens with zero attached hydrogens (tertiary/aromatic N) is 2. The summed E-state index contributed by atoms with van der Waals surface area (Å²) in [6.07, 6.45) is 6.73. The minimum atomic E-state index is 0.972. The lowest BCUT2D eigenvalue weighted by atomic mass is 10.1. The van der Waals surface area contributed by atoms with Gasteiger partial charge in [0, 0.05) is 17.6 Å². The minimum Gasteiger partial charge on any atom is -0.313 e. The average Bonchev–Trinajstić information content (AvgIpc) is 2.85. The zero-order chi connectivity index (χ0) is 13.8. The first-order chi connectivity index (χ1) is 9.15. The molecular formula is C15H23N3S. The van der Waals surface area contributed by atoms with E-state index in [0.29, 0.717) is 0 Å². The van der Waals surface area contributed by atoms with Gasteiger partial charge in [-0.2, -0.15) is 0 Å². The first-order valence-electron chi connectivity index (χ1n) is 7.01. The van der Waals surface area contributed by atoms with Gasteiger partial charge in [-0.3, -0.25) is 4.40 Å². The predicted octanol–water partition coefficient (Wildman–Crippen LogP) is 3.81. The SMILES string of the molecule is CCCNCC(=Cc1c(C)nc2sc(C)cn12)CC. The van der Waals surface area contributed by atoms with E-state index < -0.39 is 0 Å². The zero-order valence-electron chi connectivity index (χ0n) is 12.3. The molecule has 2 rings (SSSR count). The third-order valence-corrected chi connectivity index (χ3v) is 4.13. The van der Waals surface area contributed by atoms with Crippen molar-refractivity contribution in [2.24, 2.45) is 0 Å². The van der Waals surface area contributed by atoms with Crippen LogP contribution in [-0.4, -0.2) is 22.5 Å². The summed E-state index contributed by atoms with van der Waals surface area (Å²) in [5.41, 5.74) is 3.78. The van der Waals surface area contributed by atoms with Gasteiger partial charge in [-0.05, 0) is 39.3 Å². The second-order valence-electron chi connectivity index (χ2n) is 4.91. The van der Waals surface area contributed by atoms with Crippen LogP contribution < -0.4 is 5.32 Å². The maximum absolute atomic E-state index is 4.63. The number of fused-ring (bicyclic) bond motifs is 1. The Morgan fingerprint density at radius 1 is 1.42 bits per heavy atom. The van der Waals surface area contributed by atoms with Crippen LogP contribution in [0, 0.1) is 13.8 Å². The second-order valence-corrected chi connectivity index (χ2v) is 6.12. The number of rotatable bonds is 6. The number of hydrogen-bond acceptors (Lipinski definition) is 3. The Bertz CT molecular complexity index is 577. The molecule has 0 saturated heterocycles. The Morgan fingerprint density at radius 3 is 2.89 bits per heavy atom. The van der Waals surface area contributed by atoms with Gasteiger partial charge in [-0.25, -0.2) is 4.98 Å². The summed E-state index contributed by atoms with van der Waals surface area (Å²) in [6, 6.07) is 0. The van der Waals surface area contributed by atoms with Crippen molar-refractivity contribution >= 4 is 22.4 Å². The van der Waals surface area contributed by atoms with E-state index in [1.54, 1.807) is 11.3 Å². The van der Waals surface area contributed by atoms with Crippen LogP contribution in [0.2, 0.25) is 0 Å². The second kappa shape index (κ2) is 6.35. The molecule has 0 radical (unpaired) electrons. The fourth-order valence-corrected chi connectivity index (χ4v) is 3.03. The Labute approximate surface area is 119 Å². The van der Waals surface area contributed by atoms with Gasteiger partial charge in [-0.15, -0.1) is 11.3 Å². The predicted molar refractivity (Wildman–Crippen MR) is 84.0 cm³/mol. The van der Waals surface area contributed by atoms with E-state index in [1.807, 2.05) is 0 Å². The van der Waals surface area contributed by atoms with E-state index in [9.17, 15) is 0 Å². The van der Waals surface area contributed by atoms with Crippen LogP contribution in [0.5, 0.6) is 0 Å². The van der Waals surface area contributed by atoms with Gasteiger partial charge in [0.05, 0.1) is 11.4 Å². The highest BCUT2D eigenvalue weighted by atomic mass is 32.1. The number of hydrogen-bond donors (Lipinski definition) is 1. The number of thiazole rings is 1. The molecule has 4 heteroatoms. The summed E-state index contributed by atoms with van der Waals surface area (Å²) in [5.74, 6) is 0. The molecular weight excluding hydrogens is 254 g/mol. The van der Waals surface area contributed by atoms with Crippen molar-refractivity contribution in [2.45, 2.75) is 40.5 Å². The fourth-order valence-electron chi connectivity index (χ4n) is 2.15. The highest BCUT2D eigenvalue weighted by molar-refractivity contribution is 7.17. The van der Waals surface area contributed by atoms with Gasteiger partial charge >= 0.3 is 0 Å². The third kappa shape index (κ3) is 3.25. The van der Waals surface area contributed by atoms with Gasteiger partial charge in [0.1, 0.15) is 0 Å². The molecule has 1 N–H and O–H groups in total. The topological polar surface area (TPSA) is 29.3 Å². The molecule has 2 heterocycles. The molecule has 0 amide bonds. The summed E-state index contributed by atoms with van der Waals surface area (Å²) < 4.78 is 2.21. The monoisotopic (exact) mass is 277 g/mol. The van der Waals surface area contributed by atoms with Gasteiger partial charge in [0.25, 0.3) is 0 Å². The molecule has 0 aromatic carbocycles. The molecule has 3 nitrogen and oxygen atoms in total. The van der Waals surface area contributed by atoms with Gasteiger partial charge in [0.15, 0.2) is 4.96 Å². The van der Waals surface area contributed by atoms with E-state index in [-0.39, 0.29) is 0 Å². The van der Waals surface area contributed by atoms with Crippen molar-refractivity contribution in [3.8, 4) is 0 Å². The first kappa shape index (κ1) is 14.3. The summed E-state index contributed by atoms with van der Waals surface area (Å²) >= 11 is 1.75.